The fraction of sp³-hybridized carbons (Fsp3) is 1.00. The number of nitrogens with zero attached hydrogens (tertiary/aromatic N) is 6. The van der Waals surface area contributed by atoms with E-state index in [2.05, 4.69) is 26.3 Å². The van der Waals surface area contributed by atoms with Crippen molar-refractivity contribution in [3.63, 3.8) is 0 Å². The topological polar surface area (TPSA) is 139 Å². The predicted octanol–water partition coefficient (Wildman–Crippen LogP) is 0.494. The van der Waals surface area contributed by atoms with Crippen LogP contribution in [0.2, 0.25) is 34.1 Å². The van der Waals surface area contributed by atoms with Gasteiger partial charge in [0.1, 0.15) is 0 Å². The molecular formula is C26H64B6N6O6. The molecule has 5 N–H and O–H groups in total. The number of unbranched alkanes of at least 4 members (excludes halogenated alkanes) is 3. The fourth-order valence-electron chi connectivity index (χ4n) is 4.91. The Hall–Kier alpha value is -0.410. The van der Waals surface area contributed by atoms with Crippen LogP contribution in [-0.4, -0.2) is 171 Å². The van der Waals surface area contributed by atoms with E-state index in [1.807, 2.05) is 23.7 Å². The van der Waals surface area contributed by atoms with Gasteiger partial charge in [-0.1, -0.05) is 0 Å². The van der Waals surface area contributed by atoms with Gasteiger partial charge in [-0.2, -0.15) is 0 Å². The molecular weight excluding hydrogens is 557 g/mol. The van der Waals surface area contributed by atoms with Gasteiger partial charge in [-0.25, -0.2) is 0 Å². The van der Waals surface area contributed by atoms with Gasteiger partial charge in [-0.3, -0.25) is 0 Å². The van der Waals surface area contributed by atoms with Crippen molar-refractivity contribution in [3.8, 4) is 0 Å². The van der Waals surface area contributed by atoms with Crippen molar-refractivity contribution >= 4 is 42.5 Å². The molecule has 0 saturated carbocycles. The molecule has 0 radical (unpaired) electrons. The van der Waals surface area contributed by atoms with Gasteiger partial charge < -0.3 is 14.9 Å². The van der Waals surface area contributed by atoms with Crippen LogP contribution < -0.4 is 0 Å². The minimum atomic E-state index is -0.531. The van der Waals surface area contributed by atoms with Crippen LogP contribution in [0.5, 0.6) is 0 Å². The fourth-order valence-corrected chi connectivity index (χ4v) is 4.91. The van der Waals surface area contributed by atoms with Crippen LogP contribution in [0, 0.1) is 5.92 Å². The summed E-state index contributed by atoms with van der Waals surface area (Å²) in [5, 5.41) is 49.7. The quantitative estimate of drug-likeness (QED) is 0.0590. The van der Waals surface area contributed by atoms with Crippen LogP contribution in [0.15, 0.2) is 4.90 Å². The van der Waals surface area contributed by atoms with E-state index in [4.69, 9.17) is 4.65 Å². The van der Waals surface area contributed by atoms with Crippen molar-refractivity contribution in [1.29, 1.82) is 0 Å². The minimum absolute atomic E-state index is 0.274. The van der Waals surface area contributed by atoms with Gasteiger partial charge in [0.2, 0.25) is 0 Å². The molecule has 0 fully saturated rings. The molecule has 0 amide bonds. The standard InChI is InChI=1S/C26H64B6N6O6/c1-26(24-33-27-44-23-13-9-10-18-36(30(4)41)21-14-16-34(7)28(2)39)25-38(32(6)43)20-12-11-19-37(31(5)42)22-15-17-35(8)29(3)40/h26,39-43H,9-25H2,1-8H3. The summed E-state index contributed by atoms with van der Waals surface area (Å²) in [6.07, 6.45) is 6.56. The normalized spacial score (nSPS) is 12.6. The molecule has 252 valence electrons. The monoisotopic (exact) mass is 623 g/mol. The maximum absolute atomic E-state index is 10.3. The molecule has 0 aliphatic heterocycles. The van der Waals surface area contributed by atoms with E-state index in [0.29, 0.717) is 13.2 Å². The molecule has 0 rings (SSSR count). The molecule has 0 aliphatic rings. The molecule has 0 aliphatic carbocycles. The second kappa shape index (κ2) is 26.6. The van der Waals surface area contributed by atoms with Crippen molar-refractivity contribution in [2.24, 2.45) is 10.8 Å². The summed E-state index contributed by atoms with van der Waals surface area (Å²) in [5.41, 5.74) is 0. The molecule has 0 bridgehead atoms. The molecule has 1 unspecified atom stereocenters. The average molecular weight is 622 g/mol. The van der Waals surface area contributed by atoms with Crippen LogP contribution in [0.4, 0.5) is 0 Å². The van der Waals surface area contributed by atoms with Crippen molar-refractivity contribution < 1.29 is 29.8 Å². The van der Waals surface area contributed by atoms with E-state index < -0.39 is 35.3 Å². The Balaban J connectivity index is 4.16. The molecule has 44 heavy (non-hydrogen) atoms. The second-order valence-electron chi connectivity index (χ2n) is 12.6. The van der Waals surface area contributed by atoms with Crippen LogP contribution in [0.3, 0.4) is 0 Å². The van der Waals surface area contributed by atoms with Crippen LogP contribution >= 0.6 is 0 Å². The summed E-state index contributed by atoms with van der Waals surface area (Å²) in [5.74, 6) is 0.274. The number of hydrogen-bond acceptors (Lipinski definition) is 12. The third-order valence-corrected chi connectivity index (χ3v) is 8.23. The maximum atomic E-state index is 10.3. The second-order valence-corrected chi connectivity index (χ2v) is 12.6. The first kappa shape index (κ1) is 43.6. The van der Waals surface area contributed by atoms with Gasteiger partial charge in [0.25, 0.3) is 0 Å². The summed E-state index contributed by atoms with van der Waals surface area (Å²) < 4.78 is 5.59. The number of rotatable bonds is 29. The Kier molecular flexibility index (Phi) is 26.4. The van der Waals surface area contributed by atoms with Crippen molar-refractivity contribution in [2.45, 2.75) is 86.0 Å². The van der Waals surface area contributed by atoms with Gasteiger partial charge in [-0.15, -0.1) is 0 Å². The van der Waals surface area contributed by atoms with Crippen LogP contribution in [-0.2, 0) is 4.65 Å². The number of hydrogen-bond donors (Lipinski definition) is 5. The van der Waals surface area contributed by atoms with E-state index in [1.54, 1.807) is 41.4 Å². The van der Waals surface area contributed by atoms with Gasteiger partial charge >= 0.3 is 231 Å². The van der Waals surface area contributed by atoms with Gasteiger partial charge in [-0.05, 0) is 27.2 Å². The Bertz CT molecular complexity index is 708. The SMILES string of the molecule is CB(O)N(C)CCCN(CCCCCOB=NCC(C)CN(CCCCN(CCCN(C)B(C)O)B(C)O)B(C)O)B(C)O. The molecule has 0 saturated heterocycles. The summed E-state index contributed by atoms with van der Waals surface area (Å²) >= 11 is 0. The third kappa shape index (κ3) is 23.0. The zero-order valence-corrected chi connectivity index (χ0v) is 29.4. The van der Waals surface area contributed by atoms with Gasteiger partial charge in [0.15, 0.2) is 0 Å². The molecule has 0 heterocycles. The Morgan fingerprint density at radius 3 is 1.41 bits per heavy atom. The van der Waals surface area contributed by atoms with Crippen LogP contribution in [0.1, 0.15) is 51.9 Å². The zero-order valence-electron chi connectivity index (χ0n) is 29.4. The summed E-state index contributed by atoms with van der Waals surface area (Å²) in [6.45, 7) is 18.6. The summed E-state index contributed by atoms with van der Waals surface area (Å²) in [7, 11) is 2.89. The van der Waals surface area contributed by atoms with E-state index in [0.717, 1.165) is 97.3 Å². The first-order chi connectivity index (χ1) is 20.8. The summed E-state index contributed by atoms with van der Waals surface area (Å²) in [4.78, 5) is 14.4. The average Bonchev–Trinajstić information content (AvgIpc) is 2.94. The van der Waals surface area contributed by atoms with E-state index in [-0.39, 0.29) is 5.92 Å². The third-order valence-electron chi connectivity index (χ3n) is 8.23. The van der Waals surface area contributed by atoms with Crippen LogP contribution in [0.25, 0.3) is 0 Å². The van der Waals surface area contributed by atoms with Crippen molar-refractivity contribution in [1.82, 2.24) is 24.1 Å². The Morgan fingerprint density at radius 2 is 0.977 bits per heavy atom. The summed E-state index contributed by atoms with van der Waals surface area (Å²) in [6, 6.07) is 0. The molecule has 18 heteroatoms. The van der Waals surface area contributed by atoms with Crippen molar-refractivity contribution in [2.75, 3.05) is 79.6 Å². The Morgan fingerprint density at radius 1 is 0.568 bits per heavy atom. The molecule has 12 nitrogen and oxygen atoms in total. The zero-order chi connectivity index (χ0) is 33.5. The molecule has 0 aromatic carbocycles. The van der Waals surface area contributed by atoms with E-state index >= 15 is 0 Å². The van der Waals surface area contributed by atoms with Crippen molar-refractivity contribution in [3.05, 3.63) is 0 Å². The predicted molar refractivity (Wildman–Crippen MR) is 190 cm³/mol. The van der Waals surface area contributed by atoms with Gasteiger partial charge in [0, 0.05) is 0 Å². The molecule has 0 aromatic rings. The first-order valence-electron chi connectivity index (χ1n) is 16.9. The molecule has 1 atom stereocenters. The first-order valence-corrected chi connectivity index (χ1v) is 16.9. The van der Waals surface area contributed by atoms with Gasteiger partial charge in [0.05, 0.1) is 0 Å². The molecule has 0 spiro atoms. The molecule has 0 aromatic heterocycles. The van der Waals surface area contributed by atoms with E-state index in [1.165, 1.54) is 0 Å². The Labute approximate surface area is 272 Å². The van der Waals surface area contributed by atoms with E-state index in [9.17, 15) is 25.1 Å².